The minimum atomic E-state index is -4.37. The van der Waals surface area contributed by atoms with Crippen molar-refractivity contribution in [3.63, 3.8) is 0 Å². The molecule has 0 spiro atoms. The van der Waals surface area contributed by atoms with Gasteiger partial charge in [0, 0.05) is 6.42 Å². The third kappa shape index (κ3) is 5.58. The molecule has 0 aliphatic carbocycles. The maximum Gasteiger partial charge on any atom is 1.00 e. The van der Waals surface area contributed by atoms with Gasteiger partial charge in [0.05, 0.1) is 19.9 Å². The van der Waals surface area contributed by atoms with Crippen molar-refractivity contribution in [3.05, 3.63) is 0 Å². The van der Waals surface area contributed by atoms with Crippen molar-refractivity contribution in [2.75, 3.05) is 13.5 Å². The predicted octanol–water partition coefficient (Wildman–Crippen LogP) is -3.94. The standard InChI is InChI=1S/C6H11O6P.Li/c1-12-5(8)2-3-6(9)13(10,11)4-7;/h7H,2-4H2,1H3,(H,10,11);/q;+1/p-1. The Hall–Kier alpha value is -0.113. The molecule has 1 N–H and O–H groups in total. The van der Waals surface area contributed by atoms with Crippen LogP contribution in [-0.4, -0.2) is 30.1 Å². The minimum absolute atomic E-state index is 0. The fraction of sp³-hybridized carbons (Fsp3) is 0.667. The molecule has 6 nitrogen and oxygen atoms in total. The van der Waals surface area contributed by atoms with Gasteiger partial charge in [0.15, 0.2) is 5.52 Å². The molecule has 1 atom stereocenters. The van der Waals surface area contributed by atoms with Crippen molar-refractivity contribution >= 4 is 18.9 Å². The van der Waals surface area contributed by atoms with Gasteiger partial charge in [-0.1, -0.05) is 0 Å². The van der Waals surface area contributed by atoms with Gasteiger partial charge in [-0.05, 0) is 0 Å². The average molecular weight is 216 g/mol. The molecule has 1 unspecified atom stereocenters. The van der Waals surface area contributed by atoms with Crippen LogP contribution < -0.4 is 23.8 Å². The van der Waals surface area contributed by atoms with E-state index in [0.29, 0.717) is 0 Å². The van der Waals surface area contributed by atoms with E-state index >= 15 is 0 Å². The smallest absolute Gasteiger partial charge is 0.792 e. The Labute approximate surface area is 93.3 Å². The minimum Gasteiger partial charge on any atom is -0.792 e. The van der Waals surface area contributed by atoms with E-state index < -0.39 is 31.6 Å². The number of ether oxygens (including phenoxy) is 1. The van der Waals surface area contributed by atoms with Gasteiger partial charge in [0.2, 0.25) is 0 Å². The first-order chi connectivity index (χ1) is 5.94. The van der Waals surface area contributed by atoms with E-state index in [1.807, 2.05) is 0 Å². The van der Waals surface area contributed by atoms with Crippen LogP contribution in [0.5, 0.6) is 0 Å². The van der Waals surface area contributed by atoms with Gasteiger partial charge in [-0.25, -0.2) is 0 Å². The number of esters is 1. The molecule has 0 amide bonds. The summed E-state index contributed by atoms with van der Waals surface area (Å²) >= 11 is 0. The summed E-state index contributed by atoms with van der Waals surface area (Å²) in [6, 6.07) is 0. The van der Waals surface area contributed by atoms with E-state index in [1.54, 1.807) is 0 Å². The molecular weight excluding hydrogens is 206 g/mol. The third-order valence-electron chi connectivity index (χ3n) is 1.34. The van der Waals surface area contributed by atoms with E-state index in [1.165, 1.54) is 0 Å². The Balaban J connectivity index is 0. The van der Waals surface area contributed by atoms with Crippen LogP contribution >= 0.6 is 7.37 Å². The Kier molecular flexibility index (Phi) is 8.41. The zero-order valence-corrected chi connectivity index (χ0v) is 8.95. The summed E-state index contributed by atoms with van der Waals surface area (Å²) in [4.78, 5) is 32.0. The summed E-state index contributed by atoms with van der Waals surface area (Å²) in [5, 5.41) is 8.27. The van der Waals surface area contributed by atoms with Gasteiger partial charge in [-0.3, -0.25) is 9.59 Å². The molecule has 0 saturated heterocycles. The summed E-state index contributed by atoms with van der Waals surface area (Å²) in [5.41, 5.74) is -1.12. The summed E-state index contributed by atoms with van der Waals surface area (Å²) in [7, 11) is -3.24. The van der Waals surface area contributed by atoms with Crippen molar-refractivity contribution in [1.29, 1.82) is 0 Å². The normalized spacial score (nSPS) is 13.6. The Bertz CT molecular complexity index is 253. The van der Waals surface area contributed by atoms with Crippen LogP contribution in [0.4, 0.5) is 0 Å². The number of aliphatic hydroxyl groups is 1. The molecule has 8 heteroatoms. The quantitative estimate of drug-likeness (QED) is 0.286. The van der Waals surface area contributed by atoms with E-state index in [0.717, 1.165) is 7.11 Å². The van der Waals surface area contributed by atoms with Gasteiger partial charge < -0.3 is 19.3 Å². The fourth-order valence-electron chi connectivity index (χ4n) is 0.560. The SMILES string of the molecule is COC(=O)CCC(=O)P(=O)([O-])CO.[Li+]. The molecular formula is C6H10LiO6P. The van der Waals surface area contributed by atoms with Crippen LogP contribution in [0.1, 0.15) is 12.8 Å². The first-order valence-corrected chi connectivity index (χ1v) is 5.26. The van der Waals surface area contributed by atoms with Crippen LogP contribution in [0, 0.1) is 0 Å². The van der Waals surface area contributed by atoms with Gasteiger partial charge >= 0.3 is 24.8 Å². The topological polar surface area (TPSA) is 104 Å². The molecule has 0 radical (unpaired) electrons. The van der Waals surface area contributed by atoms with Crippen LogP contribution in [-0.2, 0) is 18.9 Å². The van der Waals surface area contributed by atoms with Crippen LogP contribution in [0.2, 0.25) is 0 Å². The number of hydrogen-bond acceptors (Lipinski definition) is 6. The number of carbonyl (C=O) groups excluding carboxylic acids is 2. The molecule has 0 heterocycles. The number of carbonyl (C=O) groups is 2. The van der Waals surface area contributed by atoms with E-state index in [2.05, 4.69) is 4.74 Å². The van der Waals surface area contributed by atoms with Crippen LogP contribution in [0.3, 0.4) is 0 Å². The fourth-order valence-corrected chi connectivity index (χ4v) is 1.17. The van der Waals surface area contributed by atoms with Crippen molar-refractivity contribution in [3.8, 4) is 0 Å². The third-order valence-corrected chi connectivity index (χ3v) is 2.69. The largest absolute Gasteiger partial charge is 1.00 e. The molecule has 0 aliphatic rings. The summed E-state index contributed by atoms with van der Waals surface area (Å²) in [6.45, 7) is 0. The molecule has 0 aromatic rings. The zero-order chi connectivity index (χ0) is 10.5. The first-order valence-electron chi connectivity index (χ1n) is 3.45. The predicted molar refractivity (Wildman–Crippen MR) is 40.9 cm³/mol. The van der Waals surface area contributed by atoms with Gasteiger partial charge in [-0.2, -0.15) is 0 Å². The number of hydrogen-bond donors (Lipinski definition) is 1. The van der Waals surface area contributed by atoms with E-state index in [-0.39, 0.29) is 25.3 Å². The number of aliphatic hydroxyl groups excluding tert-OH is 1. The zero-order valence-electron chi connectivity index (χ0n) is 8.06. The van der Waals surface area contributed by atoms with Crippen molar-refractivity contribution in [2.45, 2.75) is 12.8 Å². The molecule has 0 bridgehead atoms. The Morgan fingerprint density at radius 1 is 1.43 bits per heavy atom. The van der Waals surface area contributed by atoms with Gasteiger partial charge in [-0.15, -0.1) is 0 Å². The van der Waals surface area contributed by atoms with Crippen LogP contribution in [0.15, 0.2) is 0 Å². The van der Waals surface area contributed by atoms with E-state index in [9.17, 15) is 19.0 Å². The van der Waals surface area contributed by atoms with Crippen LogP contribution in [0.25, 0.3) is 0 Å². The molecule has 0 saturated carbocycles. The molecule has 0 aromatic heterocycles. The maximum atomic E-state index is 10.8. The van der Waals surface area contributed by atoms with Crippen molar-refractivity contribution in [2.24, 2.45) is 0 Å². The van der Waals surface area contributed by atoms with Gasteiger partial charge in [0.25, 0.3) is 0 Å². The summed E-state index contributed by atoms with van der Waals surface area (Å²) < 4.78 is 14.9. The maximum absolute atomic E-state index is 10.8. The average Bonchev–Trinajstić information content (AvgIpc) is 2.13. The molecule has 0 aromatic carbocycles. The second-order valence-corrected chi connectivity index (χ2v) is 4.41. The summed E-state index contributed by atoms with van der Waals surface area (Å²) in [6.07, 6.45) is -1.94. The molecule has 0 aliphatic heterocycles. The second-order valence-electron chi connectivity index (χ2n) is 2.28. The molecule has 0 rings (SSSR count). The number of rotatable bonds is 5. The first kappa shape index (κ1) is 16.3. The monoisotopic (exact) mass is 216 g/mol. The van der Waals surface area contributed by atoms with Crippen molar-refractivity contribution < 1.29 is 47.8 Å². The number of methoxy groups -OCH3 is 1. The second kappa shape index (κ2) is 7.21. The van der Waals surface area contributed by atoms with E-state index in [4.69, 9.17) is 5.11 Å². The molecule has 76 valence electrons. The summed E-state index contributed by atoms with van der Waals surface area (Å²) in [5.74, 6) is -0.661. The Morgan fingerprint density at radius 3 is 2.29 bits per heavy atom. The van der Waals surface area contributed by atoms with Gasteiger partial charge in [0.1, 0.15) is 7.37 Å². The Morgan fingerprint density at radius 2 is 1.93 bits per heavy atom. The molecule has 0 fully saturated rings. The van der Waals surface area contributed by atoms with Crippen molar-refractivity contribution in [1.82, 2.24) is 0 Å². The molecule has 14 heavy (non-hydrogen) atoms.